The summed E-state index contributed by atoms with van der Waals surface area (Å²) in [6.07, 6.45) is 6.92. The minimum Gasteiger partial charge on any atom is -0.468 e. The van der Waals surface area contributed by atoms with Crippen molar-refractivity contribution in [3.63, 3.8) is 0 Å². The molecule has 0 N–H and O–H groups in total. The maximum absolute atomic E-state index is 11.8. The largest absolute Gasteiger partial charge is 0.468 e. The van der Waals surface area contributed by atoms with Crippen LogP contribution in [0.15, 0.2) is 12.4 Å². The first-order chi connectivity index (χ1) is 8.76. The summed E-state index contributed by atoms with van der Waals surface area (Å²) < 4.78 is 7.00. The number of rotatable bonds is 4. The van der Waals surface area contributed by atoms with Gasteiger partial charge in [-0.15, -0.1) is 0 Å². The van der Waals surface area contributed by atoms with Gasteiger partial charge >= 0.3 is 5.97 Å². The number of ether oxygens (including phenoxy) is 1. The van der Waals surface area contributed by atoms with E-state index >= 15 is 0 Å². The third kappa shape index (κ3) is 2.72. The Morgan fingerprint density at radius 2 is 2.39 bits per heavy atom. The first-order valence-corrected chi connectivity index (χ1v) is 6.58. The molecular weight excluding hydrogens is 230 g/mol. The summed E-state index contributed by atoms with van der Waals surface area (Å²) in [4.78, 5) is 18.3. The Bertz CT molecular complexity index is 403. The fourth-order valence-electron chi connectivity index (χ4n) is 2.54. The maximum Gasteiger partial charge on any atom is 0.323 e. The molecule has 0 bridgehead atoms. The number of hydrogen-bond donors (Lipinski definition) is 0. The summed E-state index contributed by atoms with van der Waals surface area (Å²) >= 11 is 0. The van der Waals surface area contributed by atoms with E-state index in [1.807, 2.05) is 12.4 Å². The third-order valence-electron chi connectivity index (χ3n) is 3.57. The number of carbonyl (C=O) groups excluding carboxylic acids is 1. The number of imidazole rings is 1. The molecule has 18 heavy (non-hydrogen) atoms. The highest BCUT2D eigenvalue weighted by Crippen LogP contribution is 2.20. The van der Waals surface area contributed by atoms with Gasteiger partial charge in [-0.1, -0.05) is 6.42 Å². The summed E-state index contributed by atoms with van der Waals surface area (Å²) in [5.41, 5.74) is 0. The highest BCUT2D eigenvalue weighted by Gasteiger charge is 2.30. The van der Waals surface area contributed by atoms with Gasteiger partial charge < -0.3 is 9.30 Å². The van der Waals surface area contributed by atoms with Crippen LogP contribution < -0.4 is 0 Å². The summed E-state index contributed by atoms with van der Waals surface area (Å²) in [5, 5.41) is 0. The van der Waals surface area contributed by atoms with E-state index in [9.17, 15) is 4.79 Å². The molecule has 1 unspecified atom stereocenters. The zero-order valence-electron chi connectivity index (χ0n) is 11.1. The Kier molecular flexibility index (Phi) is 4.36. The Morgan fingerprint density at radius 3 is 3.11 bits per heavy atom. The van der Waals surface area contributed by atoms with Crippen LogP contribution in [0, 0.1) is 0 Å². The van der Waals surface area contributed by atoms with E-state index in [0.29, 0.717) is 0 Å². The summed E-state index contributed by atoms with van der Waals surface area (Å²) in [7, 11) is 1.46. The molecule has 1 atom stereocenters. The lowest BCUT2D eigenvalue weighted by molar-refractivity contribution is -0.148. The number of aromatic nitrogens is 2. The molecule has 5 heteroatoms. The van der Waals surface area contributed by atoms with Crippen LogP contribution >= 0.6 is 0 Å². The molecule has 0 spiro atoms. The molecule has 1 fully saturated rings. The van der Waals surface area contributed by atoms with Crippen molar-refractivity contribution in [1.29, 1.82) is 0 Å². The number of aryl methyl sites for hydroxylation is 1. The van der Waals surface area contributed by atoms with Crippen molar-refractivity contribution >= 4 is 5.97 Å². The van der Waals surface area contributed by atoms with Crippen molar-refractivity contribution in [2.24, 2.45) is 0 Å². The van der Waals surface area contributed by atoms with Crippen molar-refractivity contribution in [3.05, 3.63) is 18.2 Å². The zero-order chi connectivity index (χ0) is 13.0. The molecule has 100 valence electrons. The first kappa shape index (κ1) is 13.1. The molecule has 2 rings (SSSR count). The lowest BCUT2D eigenvalue weighted by atomic mass is 10.0. The number of piperidine rings is 1. The molecule has 1 aliphatic rings. The van der Waals surface area contributed by atoms with Gasteiger partial charge in [0.2, 0.25) is 0 Å². The minimum absolute atomic E-state index is 0.106. The molecule has 2 heterocycles. The number of nitrogens with zero attached hydrogens (tertiary/aromatic N) is 3. The smallest absolute Gasteiger partial charge is 0.323 e. The molecule has 1 aliphatic heterocycles. The second-order valence-corrected chi connectivity index (χ2v) is 4.63. The number of esters is 1. The van der Waals surface area contributed by atoms with Crippen molar-refractivity contribution in [3.8, 4) is 0 Å². The Labute approximate surface area is 108 Å². The van der Waals surface area contributed by atoms with E-state index in [1.54, 1.807) is 0 Å². The van der Waals surface area contributed by atoms with Gasteiger partial charge in [0.1, 0.15) is 11.9 Å². The van der Waals surface area contributed by atoms with E-state index < -0.39 is 0 Å². The number of carbonyl (C=O) groups is 1. The topological polar surface area (TPSA) is 47.4 Å². The third-order valence-corrected chi connectivity index (χ3v) is 3.57. The highest BCUT2D eigenvalue weighted by atomic mass is 16.5. The van der Waals surface area contributed by atoms with E-state index in [-0.39, 0.29) is 12.0 Å². The maximum atomic E-state index is 11.8. The van der Waals surface area contributed by atoms with E-state index in [2.05, 4.69) is 21.4 Å². The van der Waals surface area contributed by atoms with E-state index in [4.69, 9.17) is 4.74 Å². The van der Waals surface area contributed by atoms with Crippen LogP contribution in [0.2, 0.25) is 0 Å². The average Bonchev–Trinajstić information content (AvgIpc) is 2.86. The quantitative estimate of drug-likeness (QED) is 0.760. The van der Waals surface area contributed by atoms with Gasteiger partial charge in [0.25, 0.3) is 0 Å². The number of likely N-dealkylation sites (tertiary alicyclic amines) is 1. The molecule has 5 nitrogen and oxygen atoms in total. The molecule has 0 aromatic carbocycles. The normalized spacial score (nSPS) is 20.9. The van der Waals surface area contributed by atoms with Crippen LogP contribution in [0.1, 0.15) is 32.0 Å². The van der Waals surface area contributed by atoms with Gasteiger partial charge in [0.05, 0.1) is 13.7 Å². The van der Waals surface area contributed by atoms with Crippen LogP contribution in [0.4, 0.5) is 0 Å². The highest BCUT2D eigenvalue weighted by molar-refractivity contribution is 5.75. The predicted octanol–water partition coefficient (Wildman–Crippen LogP) is 1.43. The second-order valence-electron chi connectivity index (χ2n) is 4.63. The van der Waals surface area contributed by atoms with Gasteiger partial charge in [-0.3, -0.25) is 9.69 Å². The predicted molar refractivity (Wildman–Crippen MR) is 68.0 cm³/mol. The Morgan fingerprint density at radius 1 is 1.56 bits per heavy atom. The Hall–Kier alpha value is -1.36. The van der Waals surface area contributed by atoms with Crippen LogP contribution in [-0.4, -0.2) is 40.1 Å². The molecule has 1 aromatic rings. The summed E-state index contributed by atoms with van der Waals surface area (Å²) in [6, 6.07) is -0.106. The van der Waals surface area contributed by atoms with Crippen LogP contribution in [0.5, 0.6) is 0 Å². The molecule has 1 aromatic heterocycles. The lowest BCUT2D eigenvalue weighted by Gasteiger charge is -2.33. The van der Waals surface area contributed by atoms with Gasteiger partial charge in [0, 0.05) is 18.9 Å². The Balaban J connectivity index is 2.08. The van der Waals surface area contributed by atoms with Crippen molar-refractivity contribution in [2.75, 3.05) is 13.7 Å². The lowest BCUT2D eigenvalue weighted by Crippen LogP contribution is -2.45. The van der Waals surface area contributed by atoms with Gasteiger partial charge in [-0.25, -0.2) is 4.98 Å². The first-order valence-electron chi connectivity index (χ1n) is 6.58. The van der Waals surface area contributed by atoms with Gasteiger partial charge in [-0.05, 0) is 26.3 Å². The van der Waals surface area contributed by atoms with Crippen LogP contribution in [-0.2, 0) is 22.6 Å². The van der Waals surface area contributed by atoms with Gasteiger partial charge in [0.15, 0.2) is 0 Å². The molecular formula is C13H21N3O2. The van der Waals surface area contributed by atoms with Crippen molar-refractivity contribution in [2.45, 2.75) is 45.3 Å². The number of methoxy groups -OCH3 is 1. The molecule has 0 aliphatic carbocycles. The van der Waals surface area contributed by atoms with Crippen molar-refractivity contribution in [1.82, 2.24) is 14.5 Å². The SMILES string of the molecule is CCn1ccnc1CN1CCCCC1C(=O)OC. The molecule has 1 saturated heterocycles. The fraction of sp³-hybridized carbons (Fsp3) is 0.692. The van der Waals surface area contributed by atoms with E-state index in [1.165, 1.54) is 7.11 Å². The average molecular weight is 251 g/mol. The standard InChI is InChI=1S/C13H21N3O2/c1-3-15-9-7-14-12(15)10-16-8-5-4-6-11(16)13(17)18-2/h7,9,11H,3-6,8,10H2,1-2H3. The number of hydrogen-bond acceptors (Lipinski definition) is 4. The zero-order valence-corrected chi connectivity index (χ0v) is 11.1. The summed E-state index contributed by atoms with van der Waals surface area (Å²) in [5.74, 6) is 0.901. The van der Waals surface area contributed by atoms with Crippen LogP contribution in [0.3, 0.4) is 0 Å². The molecule has 0 amide bonds. The molecule has 0 radical (unpaired) electrons. The summed E-state index contributed by atoms with van der Waals surface area (Å²) in [6.45, 7) is 4.67. The monoisotopic (exact) mass is 251 g/mol. The fourth-order valence-corrected chi connectivity index (χ4v) is 2.54. The van der Waals surface area contributed by atoms with E-state index in [0.717, 1.165) is 44.7 Å². The van der Waals surface area contributed by atoms with Crippen molar-refractivity contribution < 1.29 is 9.53 Å². The van der Waals surface area contributed by atoms with Crippen LogP contribution in [0.25, 0.3) is 0 Å². The molecule has 0 saturated carbocycles. The minimum atomic E-state index is -0.121. The van der Waals surface area contributed by atoms with Gasteiger partial charge in [-0.2, -0.15) is 0 Å². The second kappa shape index (κ2) is 6.00.